The molecule has 156 valence electrons. The first-order chi connectivity index (χ1) is 14.3. The number of rotatable bonds is 7. The van der Waals surface area contributed by atoms with Crippen molar-refractivity contribution in [2.24, 2.45) is 0 Å². The van der Waals surface area contributed by atoms with E-state index in [2.05, 4.69) is 5.32 Å². The molecule has 8 heteroatoms. The number of aryl methyl sites for hydroxylation is 1. The van der Waals surface area contributed by atoms with Crippen LogP contribution in [0.15, 0.2) is 36.4 Å². The summed E-state index contributed by atoms with van der Waals surface area (Å²) in [6.45, 7) is 3.29. The Labute approximate surface area is 179 Å². The van der Waals surface area contributed by atoms with Gasteiger partial charge in [0.1, 0.15) is 0 Å². The average molecular weight is 429 g/mol. The van der Waals surface area contributed by atoms with Crippen molar-refractivity contribution in [3.63, 3.8) is 0 Å². The molecule has 0 bridgehead atoms. The van der Waals surface area contributed by atoms with Gasteiger partial charge in [-0.3, -0.25) is 24.1 Å². The van der Waals surface area contributed by atoms with Gasteiger partial charge in [0.25, 0.3) is 17.7 Å². The predicted octanol–water partition coefficient (Wildman–Crippen LogP) is 3.51. The van der Waals surface area contributed by atoms with Crippen molar-refractivity contribution < 1.29 is 23.9 Å². The quantitative estimate of drug-likeness (QED) is 0.538. The van der Waals surface area contributed by atoms with Crippen LogP contribution in [0.3, 0.4) is 0 Å². The molecular weight excluding hydrogens is 408 g/mol. The van der Waals surface area contributed by atoms with E-state index in [0.29, 0.717) is 21.8 Å². The number of fused-ring (bicyclic) bond motifs is 1. The van der Waals surface area contributed by atoms with Gasteiger partial charge >= 0.3 is 5.97 Å². The number of ether oxygens (including phenoxy) is 1. The number of nitrogens with zero attached hydrogens (tertiary/aromatic N) is 1. The number of halogens is 1. The largest absolute Gasteiger partial charge is 0.456 e. The molecule has 2 aromatic carbocycles. The molecule has 1 N–H and O–H groups in total. The normalized spacial score (nSPS) is 12.7. The van der Waals surface area contributed by atoms with E-state index in [9.17, 15) is 19.2 Å². The Hall–Kier alpha value is -3.19. The van der Waals surface area contributed by atoms with Gasteiger partial charge in [-0.1, -0.05) is 29.3 Å². The number of esters is 1. The zero-order valence-electron chi connectivity index (χ0n) is 16.7. The van der Waals surface area contributed by atoms with Crippen LogP contribution in [0.25, 0.3) is 0 Å². The van der Waals surface area contributed by atoms with Crippen molar-refractivity contribution >= 4 is 41.0 Å². The van der Waals surface area contributed by atoms with Crippen LogP contribution >= 0.6 is 11.6 Å². The van der Waals surface area contributed by atoms with Crippen molar-refractivity contribution in [3.05, 3.63) is 63.7 Å². The number of benzene rings is 2. The second kappa shape index (κ2) is 9.09. The molecule has 0 aromatic heterocycles. The summed E-state index contributed by atoms with van der Waals surface area (Å²) in [7, 11) is 0. The average Bonchev–Trinajstić information content (AvgIpc) is 2.94. The highest BCUT2D eigenvalue weighted by Gasteiger charge is 2.35. The van der Waals surface area contributed by atoms with Gasteiger partial charge in [-0.05, 0) is 50.1 Å². The topological polar surface area (TPSA) is 92.8 Å². The van der Waals surface area contributed by atoms with Gasteiger partial charge in [0.15, 0.2) is 6.61 Å². The SMILES string of the molecule is Cc1ccc2c(c1)C(=O)N(CCCC(=O)OCC(=O)Nc1cccc(Cl)c1C)C2=O. The van der Waals surface area contributed by atoms with Gasteiger partial charge in [-0.2, -0.15) is 0 Å². The van der Waals surface area contributed by atoms with E-state index >= 15 is 0 Å². The summed E-state index contributed by atoms with van der Waals surface area (Å²) in [5.41, 5.74) is 2.92. The fourth-order valence-corrected chi connectivity index (χ4v) is 3.31. The smallest absolute Gasteiger partial charge is 0.306 e. The van der Waals surface area contributed by atoms with Gasteiger partial charge < -0.3 is 10.1 Å². The van der Waals surface area contributed by atoms with Crippen LogP contribution in [0, 0.1) is 13.8 Å². The molecule has 0 saturated carbocycles. The summed E-state index contributed by atoms with van der Waals surface area (Å²) < 4.78 is 4.97. The van der Waals surface area contributed by atoms with Gasteiger partial charge in [-0.25, -0.2) is 0 Å². The first kappa shape index (κ1) is 21.5. The minimum atomic E-state index is -0.583. The van der Waals surface area contributed by atoms with Crippen molar-refractivity contribution in [3.8, 4) is 0 Å². The third kappa shape index (κ3) is 4.68. The first-order valence-corrected chi connectivity index (χ1v) is 9.83. The van der Waals surface area contributed by atoms with E-state index < -0.39 is 18.5 Å². The molecule has 7 nitrogen and oxygen atoms in total. The van der Waals surface area contributed by atoms with Crippen LogP contribution in [-0.2, 0) is 14.3 Å². The van der Waals surface area contributed by atoms with Crippen molar-refractivity contribution in [2.45, 2.75) is 26.7 Å². The Kier molecular flexibility index (Phi) is 6.52. The van der Waals surface area contributed by atoms with Gasteiger partial charge in [-0.15, -0.1) is 0 Å². The van der Waals surface area contributed by atoms with E-state index in [1.165, 1.54) is 0 Å². The summed E-state index contributed by atoms with van der Waals surface area (Å²) >= 11 is 6.01. The van der Waals surface area contributed by atoms with Crippen LogP contribution < -0.4 is 5.32 Å². The molecule has 0 unspecified atom stereocenters. The number of anilines is 1. The van der Waals surface area contributed by atoms with E-state index in [1.807, 2.05) is 6.92 Å². The summed E-state index contributed by atoms with van der Waals surface area (Å²) in [5.74, 6) is -1.78. The minimum absolute atomic E-state index is 0.0180. The molecule has 1 aliphatic rings. The number of imide groups is 1. The summed E-state index contributed by atoms with van der Waals surface area (Å²) in [5, 5.41) is 3.16. The lowest BCUT2D eigenvalue weighted by atomic mass is 10.1. The monoisotopic (exact) mass is 428 g/mol. The molecule has 30 heavy (non-hydrogen) atoms. The lowest BCUT2D eigenvalue weighted by Crippen LogP contribution is -2.31. The Morgan fingerprint density at radius 1 is 1.07 bits per heavy atom. The maximum Gasteiger partial charge on any atom is 0.306 e. The Balaban J connectivity index is 1.43. The van der Waals surface area contributed by atoms with E-state index in [-0.39, 0.29) is 31.2 Å². The second-order valence-electron chi connectivity index (χ2n) is 7.04. The van der Waals surface area contributed by atoms with Crippen molar-refractivity contribution in [1.29, 1.82) is 0 Å². The predicted molar refractivity (Wildman–Crippen MR) is 112 cm³/mol. The second-order valence-corrected chi connectivity index (χ2v) is 7.44. The molecule has 0 fully saturated rings. The molecular formula is C22H21ClN2O5. The van der Waals surface area contributed by atoms with E-state index in [1.54, 1.807) is 43.3 Å². The molecule has 3 amide bonds. The zero-order chi connectivity index (χ0) is 21.8. The third-order valence-corrected chi connectivity index (χ3v) is 5.20. The van der Waals surface area contributed by atoms with Gasteiger partial charge in [0, 0.05) is 23.7 Å². The first-order valence-electron chi connectivity index (χ1n) is 9.45. The maximum absolute atomic E-state index is 12.4. The molecule has 0 atom stereocenters. The number of amides is 3. The minimum Gasteiger partial charge on any atom is -0.456 e. The molecule has 3 rings (SSSR count). The van der Waals surface area contributed by atoms with Crippen molar-refractivity contribution in [2.75, 3.05) is 18.5 Å². The van der Waals surface area contributed by atoms with Crippen LogP contribution in [0.1, 0.15) is 44.7 Å². The fraction of sp³-hybridized carbons (Fsp3) is 0.273. The number of carbonyl (C=O) groups is 4. The molecule has 1 aliphatic heterocycles. The van der Waals surface area contributed by atoms with Gasteiger partial charge in [0.2, 0.25) is 0 Å². The molecule has 0 saturated heterocycles. The molecule has 0 spiro atoms. The van der Waals surface area contributed by atoms with Crippen molar-refractivity contribution in [1.82, 2.24) is 4.90 Å². The van der Waals surface area contributed by atoms with Crippen LogP contribution in [0.4, 0.5) is 5.69 Å². The summed E-state index contributed by atoms with van der Waals surface area (Å²) in [4.78, 5) is 49.8. The van der Waals surface area contributed by atoms with E-state index in [4.69, 9.17) is 16.3 Å². The number of hydrogen-bond donors (Lipinski definition) is 1. The highest BCUT2D eigenvalue weighted by molar-refractivity contribution is 6.31. The van der Waals surface area contributed by atoms with Crippen LogP contribution in [0.5, 0.6) is 0 Å². The molecule has 0 aliphatic carbocycles. The number of nitrogens with one attached hydrogen (secondary N) is 1. The summed E-state index contributed by atoms with van der Waals surface area (Å²) in [6, 6.07) is 10.2. The zero-order valence-corrected chi connectivity index (χ0v) is 17.4. The molecule has 2 aromatic rings. The maximum atomic E-state index is 12.4. The molecule has 0 radical (unpaired) electrons. The lowest BCUT2D eigenvalue weighted by Gasteiger charge is -2.13. The Morgan fingerprint density at radius 3 is 2.57 bits per heavy atom. The highest BCUT2D eigenvalue weighted by atomic mass is 35.5. The lowest BCUT2D eigenvalue weighted by molar-refractivity contribution is -0.147. The number of hydrogen-bond acceptors (Lipinski definition) is 5. The highest BCUT2D eigenvalue weighted by Crippen LogP contribution is 2.24. The van der Waals surface area contributed by atoms with Crippen LogP contribution in [-0.4, -0.2) is 41.7 Å². The summed E-state index contributed by atoms with van der Waals surface area (Å²) in [6.07, 6.45) is 0.230. The fourth-order valence-electron chi connectivity index (χ4n) is 3.14. The van der Waals surface area contributed by atoms with Gasteiger partial charge in [0.05, 0.1) is 11.1 Å². The van der Waals surface area contributed by atoms with Crippen LogP contribution in [0.2, 0.25) is 5.02 Å². The van der Waals surface area contributed by atoms with E-state index in [0.717, 1.165) is 16.0 Å². The molecule has 1 heterocycles. The standard InChI is InChI=1S/C22H21ClN2O5/c1-13-8-9-15-16(11-13)22(29)25(21(15)28)10-4-7-20(27)30-12-19(26)24-18-6-3-5-17(23)14(18)2/h3,5-6,8-9,11H,4,7,10,12H2,1-2H3,(H,24,26). The Bertz CT molecular complexity index is 1030. The Morgan fingerprint density at radius 2 is 1.80 bits per heavy atom. The number of carbonyl (C=O) groups excluding carboxylic acids is 4. The third-order valence-electron chi connectivity index (χ3n) is 4.79.